The highest BCUT2D eigenvalue weighted by atomic mass is 19.1. The summed E-state index contributed by atoms with van der Waals surface area (Å²) in [5.74, 6) is -1.11. The van der Waals surface area contributed by atoms with Crippen molar-refractivity contribution in [1.82, 2.24) is 5.16 Å². The van der Waals surface area contributed by atoms with Crippen LogP contribution in [0.25, 0.3) is 11.3 Å². The van der Waals surface area contributed by atoms with Crippen molar-refractivity contribution < 1.29 is 18.4 Å². The number of hydrogen-bond acceptors (Lipinski definition) is 5. The summed E-state index contributed by atoms with van der Waals surface area (Å²) >= 11 is 0. The van der Waals surface area contributed by atoms with E-state index in [0.29, 0.717) is 5.56 Å². The molecule has 0 atom stereocenters. The van der Waals surface area contributed by atoms with E-state index in [0.717, 1.165) is 0 Å². The third kappa shape index (κ3) is 2.25. The number of anilines is 1. The summed E-state index contributed by atoms with van der Waals surface area (Å²) in [5.41, 5.74) is 6.08. The second-order valence-electron chi connectivity index (χ2n) is 3.33. The van der Waals surface area contributed by atoms with E-state index in [9.17, 15) is 9.18 Å². The molecule has 5 nitrogen and oxygen atoms in total. The maximum absolute atomic E-state index is 13.1. The number of nitrogens with two attached hydrogens (primary N) is 1. The van der Waals surface area contributed by atoms with Crippen molar-refractivity contribution in [2.24, 2.45) is 0 Å². The number of esters is 1. The number of nitrogens with zero attached hydrogens (tertiary/aromatic N) is 1. The van der Waals surface area contributed by atoms with E-state index < -0.39 is 11.8 Å². The molecule has 2 aromatic rings. The van der Waals surface area contributed by atoms with Gasteiger partial charge >= 0.3 is 5.97 Å². The Balaban J connectivity index is 2.48. The molecule has 0 aliphatic carbocycles. The lowest BCUT2D eigenvalue weighted by atomic mass is 10.1. The topological polar surface area (TPSA) is 78.3 Å². The van der Waals surface area contributed by atoms with Crippen LogP contribution in [0.3, 0.4) is 0 Å². The van der Waals surface area contributed by atoms with Crippen LogP contribution in [0.1, 0.15) is 6.92 Å². The van der Waals surface area contributed by atoms with E-state index in [4.69, 9.17) is 15.0 Å². The molecule has 2 N–H and O–H groups in total. The van der Waals surface area contributed by atoms with Crippen molar-refractivity contribution in [1.29, 1.82) is 0 Å². The van der Waals surface area contributed by atoms with E-state index >= 15 is 0 Å². The number of carbonyl (C=O) groups is 1. The number of aromatic nitrogens is 1. The SMILES string of the molecule is CC(=O)Oc1c(-c2cccc(F)c2)noc1N. The molecule has 6 heteroatoms. The number of benzene rings is 1. The van der Waals surface area contributed by atoms with Crippen LogP contribution in [0.5, 0.6) is 5.75 Å². The fourth-order valence-electron chi connectivity index (χ4n) is 1.36. The standard InChI is InChI=1S/C11H9FN2O3/c1-6(15)16-10-9(14-17-11(10)13)7-3-2-4-8(12)5-7/h2-5H,13H2,1H3. The van der Waals surface area contributed by atoms with E-state index in [1.54, 1.807) is 6.07 Å². The van der Waals surface area contributed by atoms with Gasteiger partial charge in [0.1, 0.15) is 5.82 Å². The molecule has 0 aliphatic rings. The van der Waals surface area contributed by atoms with Crippen LogP contribution in [0, 0.1) is 5.82 Å². The molecule has 0 fully saturated rings. The monoisotopic (exact) mass is 236 g/mol. The van der Waals surface area contributed by atoms with Gasteiger partial charge in [0.2, 0.25) is 5.75 Å². The first kappa shape index (κ1) is 11.1. The summed E-state index contributed by atoms with van der Waals surface area (Å²) in [6.45, 7) is 1.22. The Kier molecular flexibility index (Phi) is 2.78. The van der Waals surface area contributed by atoms with Crippen molar-refractivity contribution in [3.05, 3.63) is 30.1 Å². The Labute approximate surface area is 96.0 Å². The average molecular weight is 236 g/mol. The molecule has 0 saturated heterocycles. The molecule has 2 rings (SSSR count). The average Bonchev–Trinajstić information content (AvgIpc) is 2.60. The van der Waals surface area contributed by atoms with Crippen molar-refractivity contribution >= 4 is 11.9 Å². The molecule has 0 unspecified atom stereocenters. The minimum Gasteiger partial charge on any atom is -0.418 e. The zero-order chi connectivity index (χ0) is 12.4. The van der Waals surface area contributed by atoms with E-state index in [1.165, 1.54) is 25.1 Å². The maximum Gasteiger partial charge on any atom is 0.308 e. The first-order valence-corrected chi connectivity index (χ1v) is 4.77. The molecule has 0 radical (unpaired) electrons. The van der Waals surface area contributed by atoms with Gasteiger partial charge in [-0.15, -0.1) is 0 Å². The largest absolute Gasteiger partial charge is 0.418 e. The summed E-state index contributed by atoms with van der Waals surface area (Å²) in [5, 5.41) is 3.64. The Morgan fingerprint density at radius 2 is 2.29 bits per heavy atom. The fraction of sp³-hybridized carbons (Fsp3) is 0.0909. The second-order valence-corrected chi connectivity index (χ2v) is 3.33. The zero-order valence-electron chi connectivity index (χ0n) is 8.94. The molecular formula is C11H9FN2O3. The van der Waals surface area contributed by atoms with Crippen molar-refractivity contribution in [2.45, 2.75) is 6.92 Å². The highest BCUT2D eigenvalue weighted by Crippen LogP contribution is 2.34. The fourth-order valence-corrected chi connectivity index (χ4v) is 1.36. The Hall–Kier alpha value is -2.37. The first-order valence-electron chi connectivity index (χ1n) is 4.77. The molecule has 1 heterocycles. The summed E-state index contributed by atoms with van der Waals surface area (Å²) in [7, 11) is 0. The molecule has 0 aliphatic heterocycles. The highest BCUT2D eigenvalue weighted by Gasteiger charge is 2.19. The zero-order valence-corrected chi connectivity index (χ0v) is 8.94. The van der Waals surface area contributed by atoms with Crippen LogP contribution >= 0.6 is 0 Å². The minimum atomic E-state index is -0.558. The van der Waals surface area contributed by atoms with Gasteiger partial charge in [-0.1, -0.05) is 17.3 Å². The molecule has 0 spiro atoms. The second kappa shape index (κ2) is 4.25. The van der Waals surface area contributed by atoms with Crippen LogP contribution in [-0.2, 0) is 4.79 Å². The normalized spacial score (nSPS) is 10.2. The molecular weight excluding hydrogens is 227 g/mol. The predicted octanol–water partition coefficient (Wildman–Crippen LogP) is 1.99. The van der Waals surface area contributed by atoms with Gasteiger partial charge in [0.25, 0.3) is 5.88 Å². The Morgan fingerprint density at radius 3 is 2.94 bits per heavy atom. The molecule has 17 heavy (non-hydrogen) atoms. The van der Waals surface area contributed by atoms with Gasteiger partial charge in [-0.05, 0) is 12.1 Å². The van der Waals surface area contributed by atoms with Crippen LogP contribution in [-0.4, -0.2) is 11.1 Å². The van der Waals surface area contributed by atoms with Crippen LogP contribution in [0.15, 0.2) is 28.8 Å². The molecule has 1 aromatic carbocycles. The summed E-state index contributed by atoms with van der Waals surface area (Å²) in [4.78, 5) is 10.9. The van der Waals surface area contributed by atoms with E-state index in [2.05, 4.69) is 5.16 Å². The van der Waals surface area contributed by atoms with Gasteiger partial charge in [0.05, 0.1) is 0 Å². The lowest BCUT2D eigenvalue weighted by Gasteiger charge is -2.01. The minimum absolute atomic E-state index is 0.00287. The Bertz CT molecular complexity index is 566. The number of hydrogen-bond donors (Lipinski definition) is 1. The number of halogens is 1. The smallest absolute Gasteiger partial charge is 0.308 e. The van der Waals surface area contributed by atoms with Gasteiger partial charge in [-0.2, -0.15) is 0 Å². The lowest BCUT2D eigenvalue weighted by molar-refractivity contribution is -0.131. The van der Waals surface area contributed by atoms with Gasteiger partial charge in [-0.25, -0.2) is 4.39 Å². The summed E-state index contributed by atoms with van der Waals surface area (Å²) in [6.07, 6.45) is 0. The molecule has 0 saturated carbocycles. The third-order valence-electron chi connectivity index (χ3n) is 2.02. The number of nitrogen functional groups attached to an aromatic ring is 1. The lowest BCUT2D eigenvalue weighted by Crippen LogP contribution is -2.03. The molecule has 0 bridgehead atoms. The van der Waals surface area contributed by atoms with E-state index in [1.807, 2.05) is 0 Å². The van der Waals surface area contributed by atoms with E-state index in [-0.39, 0.29) is 17.3 Å². The summed E-state index contributed by atoms with van der Waals surface area (Å²) < 4.78 is 22.6. The van der Waals surface area contributed by atoms with Crippen molar-refractivity contribution in [3.8, 4) is 17.0 Å². The number of ether oxygens (including phenoxy) is 1. The van der Waals surface area contributed by atoms with Gasteiger partial charge in [-0.3, -0.25) is 4.79 Å². The molecule has 0 amide bonds. The quantitative estimate of drug-likeness (QED) is 0.806. The number of carbonyl (C=O) groups excluding carboxylic acids is 1. The third-order valence-corrected chi connectivity index (χ3v) is 2.02. The maximum atomic E-state index is 13.1. The van der Waals surface area contributed by atoms with Gasteiger partial charge in [0.15, 0.2) is 5.69 Å². The predicted molar refractivity (Wildman–Crippen MR) is 57.6 cm³/mol. The van der Waals surface area contributed by atoms with Crippen molar-refractivity contribution in [3.63, 3.8) is 0 Å². The Morgan fingerprint density at radius 1 is 1.53 bits per heavy atom. The van der Waals surface area contributed by atoms with Crippen LogP contribution < -0.4 is 10.5 Å². The van der Waals surface area contributed by atoms with Crippen LogP contribution in [0.4, 0.5) is 10.3 Å². The highest BCUT2D eigenvalue weighted by molar-refractivity contribution is 5.78. The first-order chi connectivity index (χ1) is 8.08. The molecule has 1 aromatic heterocycles. The molecule has 88 valence electrons. The van der Waals surface area contributed by atoms with Crippen LogP contribution in [0.2, 0.25) is 0 Å². The van der Waals surface area contributed by atoms with Crippen molar-refractivity contribution in [2.75, 3.05) is 5.73 Å². The number of rotatable bonds is 2. The van der Waals surface area contributed by atoms with Gasteiger partial charge < -0.3 is 15.0 Å². The summed E-state index contributed by atoms with van der Waals surface area (Å²) in [6, 6.07) is 5.64. The van der Waals surface area contributed by atoms with Gasteiger partial charge in [0, 0.05) is 12.5 Å².